The van der Waals surface area contributed by atoms with Gasteiger partial charge in [0, 0.05) is 12.2 Å². The second kappa shape index (κ2) is 8.90. The van der Waals surface area contributed by atoms with E-state index < -0.39 is 11.8 Å². The number of benzene rings is 2. The molecular weight excluding hydrogens is 357 g/mol. The molecule has 142 valence electrons. The van der Waals surface area contributed by atoms with E-state index in [2.05, 4.69) is 22.5 Å². The van der Waals surface area contributed by atoms with Crippen LogP contribution in [0.2, 0.25) is 0 Å². The molecule has 3 aromatic rings. The molecule has 0 unspecified atom stereocenters. The fraction of sp³-hybridized carbons (Fsp3) is 0.136. The maximum absolute atomic E-state index is 12.9. The molecule has 0 radical (unpaired) electrons. The average molecular weight is 377 g/mol. The average Bonchev–Trinajstić information content (AvgIpc) is 2.73. The molecule has 2 N–H and O–H groups in total. The number of carbonyl (C=O) groups excluding carboxylic acids is 2. The van der Waals surface area contributed by atoms with Gasteiger partial charge in [-0.3, -0.25) is 9.59 Å². The minimum Gasteiger partial charge on any atom is -0.347 e. The summed E-state index contributed by atoms with van der Waals surface area (Å²) in [6, 6.07) is 18.1. The van der Waals surface area contributed by atoms with E-state index in [0.717, 1.165) is 12.0 Å². The molecule has 1 aromatic heterocycles. The van der Waals surface area contributed by atoms with Gasteiger partial charge in [-0.05, 0) is 53.9 Å². The Hall–Kier alpha value is -3.54. The molecule has 0 bridgehead atoms. The lowest BCUT2D eigenvalue weighted by atomic mass is 10.1. The number of hydrogen-bond acceptors (Lipinski definition) is 3. The molecule has 5 nitrogen and oxygen atoms in total. The van der Waals surface area contributed by atoms with Gasteiger partial charge >= 0.3 is 0 Å². The Morgan fingerprint density at radius 1 is 0.857 bits per heavy atom. The summed E-state index contributed by atoms with van der Waals surface area (Å²) in [5, 5.41) is 5.48. The summed E-state index contributed by atoms with van der Waals surface area (Å²) in [4.78, 5) is 28.9. The van der Waals surface area contributed by atoms with Crippen LogP contribution in [0.4, 0.5) is 10.1 Å². The fourth-order valence-electron chi connectivity index (χ4n) is 2.58. The van der Waals surface area contributed by atoms with Crippen LogP contribution >= 0.6 is 0 Å². The summed E-state index contributed by atoms with van der Waals surface area (Å²) < 4.78 is 12.9. The van der Waals surface area contributed by atoms with E-state index in [4.69, 9.17) is 0 Å². The Morgan fingerprint density at radius 2 is 1.46 bits per heavy atom. The topological polar surface area (TPSA) is 71.1 Å². The summed E-state index contributed by atoms with van der Waals surface area (Å²) in [7, 11) is 0. The molecule has 0 atom stereocenters. The Morgan fingerprint density at radius 3 is 2.11 bits per heavy atom. The zero-order chi connectivity index (χ0) is 19.9. The Labute approximate surface area is 162 Å². The highest BCUT2D eigenvalue weighted by atomic mass is 19.1. The molecular formula is C22H20FN3O2. The molecule has 0 aliphatic heterocycles. The molecule has 28 heavy (non-hydrogen) atoms. The Bertz CT molecular complexity index is 970. The van der Waals surface area contributed by atoms with Crippen molar-refractivity contribution in [2.45, 2.75) is 19.9 Å². The molecule has 0 aliphatic rings. The lowest BCUT2D eigenvalue weighted by Crippen LogP contribution is -2.25. The van der Waals surface area contributed by atoms with E-state index in [-0.39, 0.29) is 23.7 Å². The van der Waals surface area contributed by atoms with Crippen molar-refractivity contribution in [3.63, 3.8) is 0 Å². The van der Waals surface area contributed by atoms with Crippen LogP contribution in [0.15, 0.2) is 66.7 Å². The minimum absolute atomic E-state index is 0.135. The number of aryl methyl sites for hydroxylation is 1. The van der Waals surface area contributed by atoms with Gasteiger partial charge in [0.25, 0.3) is 11.8 Å². The van der Waals surface area contributed by atoms with Gasteiger partial charge < -0.3 is 10.6 Å². The van der Waals surface area contributed by atoms with E-state index in [1.807, 2.05) is 24.3 Å². The van der Waals surface area contributed by atoms with Crippen LogP contribution in [0.25, 0.3) is 0 Å². The standard InChI is InChI=1S/C22H20FN3O2/c1-2-15-8-12-18(13-9-15)25-22(28)20-5-3-4-19(26-20)21(27)24-14-16-6-10-17(23)11-7-16/h3-13H,2,14H2,1H3,(H,24,27)(H,25,28). The van der Waals surface area contributed by atoms with Crippen molar-refractivity contribution in [1.29, 1.82) is 0 Å². The molecule has 0 fully saturated rings. The third-order valence-corrected chi connectivity index (χ3v) is 4.20. The number of halogens is 1. The second-order valence-corrected chi connectivity index (χ2v) is 6.22. The van der Waals surface area contributed by atoms with Gasteiger partial charge in [0.2, 0.25) is 0 Å². The predicted octanol–water partition coefficient (Wildman–Crippen LogP) is 3.97. The largest absolute Gasteiger partial charge is 0.347 e. The number of nitrogens with one attached hydrogen (secondary N) is 2. The van der Waals surface area contributed by atoms with Crippen molar-refractivity contribution in [2.24, 2.45) is 0 Å². The number of anilines is 1. The molecule has 1 heterocycles. The highest BCUT2D eigenvalue weighted by molar-refractivity contribution is 6.03. The van der Waals surface area contributed by atoms with Gasteiger partial charge in [0.05, 0.1) is 0 Å². The van der Waals surface area contributed by atoms with Crippen molar-refractivity contribution in [3.8, 4) is 0 Å². The predicted molar refractivity (Wildman–Crippen MR) is 106 cm³/mol. The van der Waals surface area contributed by atoms with Gasteiger partial charge in [0.15, 0.2) is 0 Å². The third-order valence-electron chi connectivity index (χ3n) is 4.20. The van der Waals surface area contributed by atoms with Crippen molar-refractivity contribution >= 4 is 17.5 Å². The maximum Gasteiger partial charge on any atom is 0.274 e. The van der Waals surface area contributed by atoms with Crippen molar-refractivity contribution < 1.29 is 14.0 Å². The zero-order valence-corrected chi connectivity index (χ0v) is 15.4. The quantitative estimate of drug-likeness (QED) is 0.683. The van der Waals surface area contributed by atoms with E-state index in [0.29, 0.717) is 5.69 Å². The molecule has 0 saturated heterocycles. The van der Waals surface area contributed by atoms with Crippen LogP contribution in [0, 0.1) is 5.82 Å². The first-order valence-corrected chi connectivity index (χ1v) is 8.95. The van der Waals surface area contributed by atoms with Gasteiger partial charge in [-0.2, -0.15) is 0 Å². The van der Waals surface area contributed by atoms with Gasteiger partial charge in [-0.25, -0.2) is 9.37 Å². The third kappa shape index (κ3) is 5.01. The Balaban J connectivity index is 1.64. The molecule has 6 heteroatoms. The van der Waals surface area contributed by atoms with E-state index in [1.54, 1.807) is 24.3 Å². The number of amides is 2. The van der Waals surface area contributed by atoms with Crippen molar-refractivity contribution in [2.75, 3.05) is 5.32 Å². The first-order valence-electron chi connectivity index (χ1n) is 8.95. The monoisotopic (exact) mass is 377 g/mol. The summed E-state index contributed by atoms with van der Waals surface area (Å²) in [5.41, 5.74) is 2.88. The van der Waals surface area contributed by atoms with Gasteiger partial charge in [-0.1, -0.05) is 37.3 Å². The van der Waals surface area contributed by atoms with E-state index >= 15 is 0 Å². The van der Waals surface area contributed by atoms with Gasteiger partial charge in [-0.15, -0.1) is 0 Å². The summed E-state index contributed by atoms with van der Waals surface area (Å²) in [6.45, 7) is 2.30. The highest BCUT2D eigenvalue weighted by Crippen LogP contribution is 2.12. The highest BCUT2D eigenvalue weighted by Gasteiger charge is 2.12. The van der Waals surface area contributed by atoms with Crippen LogP contribution < -0.4 is 10.6 Å². The number of pyridine rings is 1. The molecule has 0 spiro atoms. The minimum atomic E-state index is -0.411. The summed E-state index contributed by atoms with van der Waals surface area (Å²) in [6.07, 6.45) is 0.921. The lowest BCUT2D eigenvalue weighted by Gasteiger charge is -2.08. The molecule has 2 aromatic carbocycles. The van der Waals surface area contributed by atoms with Crippen LogP contribution in [-0.2, 0) is 13.0 Å². The SMILES string of the molecule is CCc1ccc(NC(=O)c2cccc(C(=O)NCc3ccc(F)cc3)n2)cc1. The fourth-order valence-corrected chi connectivity index (χ4v) is 2.58. The Kier molecular flexibility index (Phi) is 6.11. The van der Waals surface area contributed by atoms with Crippen molar-refractivity contribution in [1.82, 2.24) is 10.3 Å². The first-order chi connectivity index (χ1) is 13.5. The molecule has 0 saturated carbocycles. The normalized spacial score (nSPS) is 10.4. The zero-order valence-electron chi connectivity index (χ0n) is 15.4. The molecule has 2 amide bonds. The van der Waals surface area contributed by atoms with Crippen LogP contribution in [0.1, 0.15) is 39.0 Å². The number of rotatable bonds is 6. The summed E-state index contributed by atoms with van der Waals surface area (Å²) in [5.74, 6) is -1.14. The van der Waals surface area contributed by atoms with E-state index in [9.17, 15) is 14.0 Å². The van der Waals surface area contributed by atoms with E-state index in [1.165, 1.54) is 23.8 Å². The first kappa shape index (κ1) is 19.2. The summed E-state index contributed by atoms with van der Waals surface area (Å²) >= 11 is 0. The lowest BCUT2D eigenvalue weighted by molar-refractivity contribution is 0.0945. The number of carbonyl (C=O) groups is 2. The second-order valence-electron chi connectivity index (χ2n) is 6.22. The van der Waals surface area contributed by atoms with Gasteiger partial charge in [0.1, 0.15) is 17.2 Å². The number of nitrogens with zero attached hydrogens (tertiary/aromatic N) is 1. The van der Waals surface area contributed by atoms with Crippen LogP contribution in [0.3, 0.4) is 0 Å². The van der Waals surface area contributed by atoms with Crippen LogP contribution in [-0.4, -0.2) is 16.8 Å². The smallest absolute Gasteiger partial charge is 0.274 e. The number of hydrogen-bond donors (Lipinski definition) is 2. The molecule has 0 aliphatic carbocycles. The maximum atomic E-state index is 12.9. The van der Waals surface area contributed by atoms with Crippen LogP contribution in [0.5, 0.6) is 0 Å². The molecule has 3 rings (SSSR count). The van der Waals surface area contributed by atoms with Crippen molar-refractivity contribution in [3.05, 3.63) is 95.1 Å². The number of aromatic nitrogens is 1.